The van der Waals surface area contributed by atoms with Crippen molar-refractivity contribution < 1.29 is 28.7 Å². The molecule has 17 heteroatoms. The van der Waals surface area contributed by atoms with Gasteiger partial charge in [-0.1, -0.05) is 48.3 Å². The Hall–Kier alpha value is -5.45. The second-order valence-electron chi connectivity index (χ2n) is 14.8. The van der Waals surface area contributed by atoms with E-state index in [0.29, 0.717) is 36.0 Å². The molecule has 0 radical (unpaired) electrons. The van der Waals surface area contributed by atoms with Crippen LogP contribution in [-0.2, 0) is 26.2 Å². The molecule has 3 aromatic heterocycles. The first-order valence-electron chi connectivity index (χ1n) is 19.0. The van der Waals surface area contributed by atoms with Crippen LogP contribution in [0.15, 0.2) is 53.9 Å². The number of amides is 4. The minimum Gasteiger partial charge on any atom is -0.471 e. The predicted octanol–water partition coefficient (Wildman–Crippen LogP) is 4.30. The lowest BCUT2D eigenvalue weighted by atomic mass is 10.0. The maximum Gasteiger partial charge on any atom is 0.408 e. The number of nitrogens with one attached hydrogen (secondary N) is 3. The van der Waals surface area contributed by atoms with E-state index < -0.39 is 47.5 Å². The minimum absolute atomic E-state index is 0.0400. The molecule has 4 aliphatic rings. The number of aromatic nitrogens is 6. The number of carbonyl (C=O) groups excluding carboxylic acids is 4. The molecule has 4 aromatic rings. The topological polar surface area (TPSA) is 195 Å². The molecule has 55 heavy (non-hydrogen) atoms. The van der Waals surface area contributed by atoms with Crippen LogP contribution in [0, 0.1) is 5.92 Å². The van der Waals surface area contributed by atoms with Gasteiger partial charge in [0.2, 0.25) is 23.6 Å². The number of benzene rings is 1. The second-order valence-corrected chi connectivity index (χ2v) is 15.7. The van der Waals surface area contributed by atoms with Gasteiger partial charge in [-0.05, 0) is 85.4 Å². The van der Waals surface area contributed by atoms with E-state index in [2.05, 4.69) is 31.5 Å². The van der Waals surface area contributed by atoms with Gasteiger partial charge >= 0.3 is 6.09 Å². The number of carbonyl (C=O) groups is 4. The van der Waals surface area contributed by atoms with Crippen molar-refractivity contribution in [3.05, 3.63) is 53.9 Å². The van der Waals surface area contributed by atoms with Crippen molar-refractivity contribution in [2.45, 2.75) is 100 Å². The van der Waals surface area contributed by atoms with Gasteiger partial charge in [0.15, 0.2) is 0 Å². The average molecular weight is 769 g/mol. The second kappa shape index (κ2) is 15.7. The van der Waals surface area contributed by atoms with Gasteiger partial charge in [0.1, 0.15) is 35.5 Å². The number of para-hydroxylation sites is 2. The highest BCUT2D eigenvalue weighted by Crippen LogP contribution is 2.46. The molecule has 1 saturated heterocycles. The quantitative estimate of drug-likeness (QED) is 0.227. The fourth-order valence-electron chi connectivity index (χ4n) is 7.85. The Morgan fingerprint density at radius 2 is 1.78 bits per heavy atom. The number of anilines is 1. The normalized spacial score (nSPS) is 26.6. The van der Waals surface area contributed by atoms with Gasteiger partial charge in [-0.15, -0.1) is 11.3 Å². The molecular formula is C38H44N10O6S. The SMILES string of the molecule is Cn1nnnc1NC(=O)[C@@]12C[C@H]1/C=C\CCCCC[C@H](NC(=O)OC1CCCC1)C(=O)N1C[C@H](Oc3nc4ccccc4nc3-c3cccs3)C[C@H]1C(=O)N2. The molecule has 0 unspecified atom stereocenters. The number of ether oxygens (including phenoxy) is 2. The fraction of sp³-hybridized carbons (Fsp3) is 0.500. The third-order valence-electron chi connectivity index (χ3n) is 10.9. The number of hydrogen-bond donors (Lipinski definition) is 3. The van der Waals surface area contributed by atoms with Gasteiger partial charge in [0.25, 0.3) is 5.91 Å². The van der Waals surface area contributed by atoms with Gasteiger partial charge in [-0.2, -0.15) is 0 Å². The van der Waals surface area contributed by atoms with E-state index >= 15 is 0 Å². The van der Waals surface area contributed by atoms with Crippen LogP contribution < -0.4 is 20.7 Å². The molecule has 2 aliphatic carbocycles. The van der Waals surface area contributed by atoms with Crippen molar-refractivity contribution in [3.8, 4) is 16.5 Å². The Bertz CT molecular complexity index is 2080. The van der Waals surface area contributed by atoms with Crippen LogP contribution in [0.4, 0.5) is 10.7 Å². The van der Waals surface area contributed by atoms with E-state index in [0.717, 1.165) is 49.8 Å². The van der Waals surface area contributed by atoms with Crippen LogP contribution in [0.2, 0.25) is 0 Å². The lowest BCUT2D eigenvalue weighted by Gasteiger charge is -2.30. The Morgan fingerprint density at radius 1 is 0.982 bits per heavy atom. The molecule has 5 atom stereocenters. The van der Waals surface area contributed by atoms with Gasteiger partial charge in [-0.3, -0.25) is 19.7 Å². The summed E-state index contributed by atoms with van der Waals surface area (Å²) in [5, 5.41) is 21.9. The molecule has 3 fully saturated rings. The maximum atomic E-state index is 14.6. The van der Waals surface area contributed by atoms with Crippen LogP contribution in [-0.4, -0.2) is 95.3 Å². The van der Waals surface area contributed by atoms with E-state index in [9.17, 15) is 19.2 Å². The number of rotatable bonds is 7. The van der Waals surface area contributed by atoms with Crippen molar-refractivity contribution in [1.29, 1.82) is 0 Å². The number of tetrazole rings is 1. The molecular weight excluding hydrogens is 725 g/mol. The van der Waals surface area contributed by atoms with Crippen molar-refractivity contribution in [2.75, 3.05) is 11.9 Å². The molecule has 4 amide bonds. The summed E-state index contributed by atoms with van der Waals surface area (Å²) in [4.78, 5) is 68.3. The zero-order chi connectivity index (χ0) is 37.9. The van der Waals surface area contributed by atoms with Crippen molar-refractivity contribution >= 4 is 52.1 Å². The molecule has 0 bridgehead atoms. The van der Waals surface area contributed by atoms with E-state index in [1.807, 2.05) is 53.9 Å². The van der Waals surface area contributed by atoms with Gasteiger partial charge < -0.3 is 25.0 Å². The summed E-state index contributed by atoms with van der Waals surface area (Å²) in [5.41, 5.74) is 0.624. The Labute approximate surface area is 321 Å². The average Bonchev–Trinajstić information content (AvgIpc) is 3.81. The van der Waals surface area contributed by atoms with Crippen LogP contribution in [0.25, 0.3) is 21.6 Å². The van der Waals surface area contributed by atoms with E-state index in [1.165, 1.54) is 20.9 Å². The fourth-order valence-corrected chi connectivity index (χ4v) is 8.55. The molecule has 16 nitrogen and oxygen atoms in total. The lowest BCUT2D eigenvalue weighted by molar-refractivity contribution is -0.141. The van der Waals surface area contributed by atoms with Crippen LogP contribution >= 0.6 is 11.3 Å². The third kappa shape index (κ3) is 7.88. The smallest absolute Gasteiger partial charge is 0.408 e. The number of hydrogen-bond acceptors (Lipinski definition) is 12. The zero-order valence-corrected chi connectivity index (χ0v) is 31.4. The molecule has 0 spiro atoms. The molecule has 288 valence electrons. The molecule has 2 saturated carbocycles. The van der Waals surface area contributed by atoms with E-state index in [1.54, 1.807) is 7.05 Å². The minimum atomic E-state index is -1.29. The summed E-state index contributed by atoms with van der Waals surface area (Å²) in [6.07, 6.45) is 10.1. The summed E-state index contributed by atoms with van der Waals surface area (Å²) in [5.74, 6) is -1.23. The third-order valence-corrected chi connectivity index (χ3v) is 11.8. The number of allylic oxidation sites excluding steroid dienone is 1. The largest absolute Gasteiger partial charge is 0.471 e. The van der Waals surface area contributed by atoms with Crippen molar-refractivity contribution in [1.82, 2.24) is 45.7 Å². The van der Waals surface area contributed by atoms with Gasteiger partial charge in [0.05, 0.1) is 22.5 Å². The molecule has 2 aliphatic heterocycles. The van der Waals surface area contributed by atoms with Crippen LogP contribution in [0.1, 0.15) is 70.6 Å². The summed E-state index contributed by atoms with van der Waals surface area (Å²) in [6, 6.07) is 9.42. The first-order chi connectivity index (χ1) is 26.8. The Balaban J connectivity index is 1.10. The molecule has 5 heterocycles. The zero-order valence-electron chi connectivity index (χ0n) is 30.6. The number of nitrogens with zero attached hydrogens (tertiary/aromatic N) is 7. The molecule has 1 aromatic carbocycles. The van der Waals surface area contributed by atoms with Gasteiger partial charge in [-0.25, -0.2) is 19.4 Å². The maximum absolute atomic E-state index is 14.6. The van der Waals surface area contributed by atoms with E-state index in [-0.39, 0.29) is 36.8 Å². The standard InChI is InChI=1S/C38H44N10O6S/c1-47-36(44-45-46-47)42-35(51)38-21-23(38)12-5-3-2-4-6-17-28(41-37(52)54-24-13-7-8-14-24)34(50)48-22-25(20-29(48)32(49)43-38)53-33-31(30-18-11-19-55-30)39-26-15-9-10-16-27(26)40-33/h5,9-12,15-16,18-19,23-25,28-29H,2-4,6-8,13-14,17,20-22H2,1H3,(H,41,52)(H,43,49)(H,42,44,46,51)/b12-5-/t23-,25-,28+,29+,38-/m1/s1. The summed E-state index contributed by atoms with van der Waals surface area (Å²) < 4.78 is 13.6. The van der Waals surface area contributed by atoms with E-state index in [4.69, 9.17) is 19.4 Å². The highest BCUT2D eigenvalue weighted by molar-refractivity contribution is 7.13. The number of thiophene rings is 1. The summed E-state index contributed by atoms with van der Waals surface area (Å²) >= 11 is 1.50. The highest BCUT2D eigenvalue weighted by atomic mass is 32.1. The first-order valence-corrected chi connectivity index (χ1v) is 19.9. The lowest BCUT2D eigenvalue weighted by Crippen LogP contribution is -2.57. The Kier molecular flexibility index (Phi) is 10.4. The monoisotopic (exact) mass is 768 g/mol. The molecule has 3 N–H and O–H groups in total. The van der Waals surface area contributed by atoms with Gasteiger partial charge in [0, 0.05) is 19.4 Å². The summed E-state index contributed by atoms with van der Waals surface area (Å²) in [6.45, 7) is 0.0400. The van der Waals surface area contributed by atoms with Crippen LogP contribution in [0.5, 0.6) is 5.88 Å². The number of fused-ring (bicyclic) bond motifs is 3. The highest BCUT2D eigenvalue weighted by Gasteiger charge is 2.61. The van der Waals surface area contributed by atoms with Crippen molar-refractivity contribution in [2.24, 2.45) is 13.0 Å². The number of alkyl carbamates (subject to hydrolysis) is 1. The Morgan fingerprint density at radius 3 is 2.55 bits per heavy atom. The predicted molar refractivity (Wildman–Crippen MR) is 202 cm³/mol. The van der Waals surface area contributed by atoms with Crippen molar-refractivity contribution in [3.63, 3.8) is 0 Å². The summed E-state index contributed by atoms with van der Waals surface area (Å²) in [7, 11) is 1.60. The van der Waals surface area contributed by atoms with Crippen LogP contribution in [0.3, 0.4) is 0 Å². The molecule has 8 rings (SSSR count). The first kappa shape index (κ1) is 36.5. The number of aryl methyl sites for hydroxylation is 1.